The number of methoxy groups -OCH3 is 1. The Bertz CT molecular complexity index is 473. The smallest absolute Gasteiger partial charge is 0.323 e. The highest BCUT2D eigenvalue weighted by molar-refractivity contribution is 5.77. The van der Waals surface area contributed by atoms with Crippen molar-refractivity contribution in [1.82, 2.24) is 5.32 Å². The van der Waals surface area contributed by atoms with Crippen molar-refractivity contribution in [3.05, 3.63) is 35.9 Å². The minimum absolute atomic E-state index is 0.0743. The molecule has 4 atom stereocenters. The maximum Gasteiger partial charge on any atom is 0.323 e. The molecule has 1 saturated heterocycles. The van der Waals surface area contributed by atoms with Gasteiger partial charge in [-0.25, -0.2) is 0 Å². The van der Waals surface area contributed by atoms with Gasteiger partial charge in [-0.3, -0.25) is 10.1 Å². The zero-order valence-electron chi connectivity index (χ0n) is 11.6. The second-order valence-electron chi connectivity index (χ2n) is 5.94. The third-order valence-electron chi connectivity index (χ3n) is 5.09. The van der Waals surface area contributed by atoms with E-state index in [2.05, 4.69) is 36.5 Å². The van der Waals surface area contributed by atoms with E-state index in [0.29, 0.717) is 11.8 Å². The molecule has 19 heavy (non-hydrogen) atoms. The normalized spacial score (nSPS) is 34.2. The fourth-order valence-electron chi connectivity index (χ4n) is 3.92. The lowest BCUT2D eigenvalue weighted by Crippen LogP contribution is -2.52. The average molecular weight is 259 g/mol. The van der Waals surface area contributed by atoms with Gasteiger partial charge in [0.2, 0.25) is 0 Å². The van der Waals surface area contributed by atoms with Crippen LogP contribution in [-0.4, -0.2) is 24.7 Å². The number of carbonyl (C=O) groups is 1. The predicted molar refractivity (Wildman–Crippen MR) is 73.9 cm³/mol. The van der Waals surface area contributed by atoms with Crippen molar-refractivity contribution >= 4 is 5.97 Å². The van der Waals surface area contributed by atoms with Gasteiger partial charge in [0, 0.05) is 5.54 Å². The Balaban J connectivity index is 1.83. The van der Waals surface area contributed by atoms with E-state index < -0.39 is 0 Å². The lowest BCUT2D eigenvalue weighted by atomic mass is 9.80. The van der Waals surface area contributed by atoms with Crippen LogP contribution in [0.4, 0.5) is 0 Å². The Labute approximate surface area is 114 Å². The van der Waals surface area contributed by atoms with Gasteiger partial charge in [0.05, 0.1) is 7.11 Å². The van der Waals surface area contributed by atoms with E-state index in [1.165, 1.54) is 12.7 Å². The molecule has 0 spiro atoms. The molecule has 0 aromatic heterocycles. The highest BCUT2D eigenvalue weighted by atomic mass is 16.5. The third kappa shape index (κ3) is 1.96. The molecule has 0 radical (unpaired) electrons. The highest BCUT2D eigenvalue weighted by Gasteiger charge is 2.55. The molecule has 3 unspecified atom stereocenters. The largest absolute Gasteiger partial charge is 0.468 e. The summed E-state index contributed by atoms with van der Waals surface area (Å²) in [6.45, 7) is 2.27. The predicted octanol–water partition coefficient (Wildman–Crippen LogP) is 2.47. The summed E-state index contributed by atoms with van der Waals surface area (Å²) in [5.74, 6) is 0.763. The topological polar surface area (TPSA) is 38.3 Å². The SMILES string of the molecule is COC(=O)C1NC2([C@H](C)c3ccccc3)CCC1C2. The van der Waals surface area contributed by atoms with Crippen molar-refractivity contribution in [2.45, 2.75) is 43.7 Å². The van der Waals surface area contributed by atoms with E-state index >= 15 is 0 Å². The van der Waals surface area contributed by atoms with Crippen LogP contribution in [-0.2, 0) is 9.53 Å². The molecule has 3 heteroatoms. The highest BCUT2D eigenvalue weighted by Crippen LogP contribution is 2.50. The van der Waals surface area contributed by atoms with Crippen molar-refractivity contribution in [1.29, 1.82) is 0 Å². The first-order valence-corrected chi connectivity index (χ1v) is 7.07. The molecular weight excluding hydrogens is 238 g/mol. The van der Waals surface area contributed by atoms with E-state index in [0.717, 1.165) is 19.3 Å². The zero-order chi connectivity index (χ0) is 13.5. The van der Waals surface area contributed by atoms with E-state index in [1.807, 2.05) is 6.07 Å². The quantitative estimate of drug-likeness (QED) is 0.847. The number of piperidine rings is 1. The summed E-state index contributed by atoms with van der Waals surface area (Å²) in [6.07, 6.45) is 3.37. The molecule has 2 aliphatic rings. The van der Waals surface area contributed by atoms with Gasteiger partial charge in [-0.05, 0) is 36.7 Å². The Morgan fingerprint density at radius 2 is 2.16 bits per heavy atom. The number of fused-ring (bicyclic) bond motifs is 2. The van der Waals surface area contributed by atoms with Crippen molar-refractivity contribution in [3.8, 4) is 0 Å². The third-order valence-corrected chi connectivity index (χ3v) is 5.09. The Hall–Kier alpha value is -1.35. The van der Waals surface area contributed by atoms with E-state index in [1.54, 1.807) is 0 Å². The van der Waals surface area contributed by atoms with Gasteiger partial charge in [-0.15, -0.1) is 0 Å². The van der Waals surface area contributed by atoms with Crippen LogP contribution in [0.5, 0.6) is 0 Å². The molecule has 1 aliphatic heterocycles. The van der Waals surface area contributed by atoms with Gasteiger partial charge in [0.25, 0.3) is 0 Å². The maximum absolute atomic E-state index is 11.8. The van der Waals surface area contributed by atoms with Crippen molar-refractivity contribution in [2.24, 2.45) is 5.92 Å². The van der Waals surface area contributed by atoms with Crippen LogP contribution in [0.1, 0.15) is 37.7 Å². The molecule has 1 heterocycles. The van der Waals surface area contributed by atoms with Crippen LogP contribution in [0, 0.1) is 5.92 Å². The lowest BCUT2D eigenvalue weighted by Gasteiger charge is -2.36. The summed E-state index contributed by atoms with van der Waals surface area (Å²) in [6, 6.07) is 10.5. The fourth-order valence-corrected chi connectivity index (χ4v) is 3.92. The van der Waals surface area contributed by atoms with Crippen LogP contribution in [0.15, 0.2) is 30.3 Å². The van der Waals surface area contributed by atoms with Gasteiger partial charge < -0.3 is 4.74 Å². The molecule has 3 nitrogen and oxygen atoms in total. The Kier molecular flexibility index (Phi) is 3.09. The summed E-state index contributed by atoms with van der Waals surface area (Å²) < 4.78 is 4.92. The summed E-state index contributed by atoms with van der Waals surface area (Å²) >= 11 is 0. The molecule has 3 rings (SSSR count). The van der Waals surface area contributed by atoms with Gasteiger partial charge >= 0.3 is 5.97 Å². The number of ether oxygens (including phenoxy) is 1. The minimum atomic E-state index is -0.107. The number of nitrogens with one attached hydrogen (secondary N) is 1. The van der Waals surface area contributed by atoms with Crippen molar-refractivity contribution < 1.29 is 9.53 Å². The average Bonchev–Trinajstić information content (AvgIpc) is 3.06. The van der Waals surface area contributed by atoms with Crippen molar-refractivity contribution in [3.63, 3.8) is 0 Å². The zero-order valence-corrected chi connectivity index (χ0v) is 11.6. The number of carbonyl (C=O) groups excluding carboxylic acids is 1. The molecule has 1 aromatic carbocycles. The van der Waals surface area contributed by atoms with Crippen LogP contribution in [0.25, 0.3) is 0 Å². The number of hydrogen-bond donors (Lipinski definition) is 1. The van der Waals surface area contributed by atoms with Crippen LogP contribution in [0.3, 0.4) is 0 Å². The molecule has 2 bridgehead atoms. The van der Waals surface area contributed by atoms with Crippen LogP contribution < -0.4 is 5.32 Å². The van der Waals surface area contributed by atoms with Gasteiger partial charge in [-0.2, -0.15) is 0 Å². The Morgan fingerprint density at radius 3 is 2.84 bits per heavy atom. The first-order valence-electron chi connectivity index (χ1n) is 7.07. The van der Waals surface area contributed by atoms with Gasteiger partial charge in [-0.1, -0.05) is 37.3 Å². The molecular formula is C16H21NO2. The maximum atomic E-state index is 11.8. The Morgan fingerprint density at radius 1 is 1.42 bits per heavy atom. The summed E-state index contributed by atoms with van der Waals surface area (Å²) in [7, 11) is 1.48. The molecule has 1 saturated carbocycles. The standard InChI is InChI=1S/C16H21NO2/c1-11(12-6-4-3-5-7-12)16-9-8-13(10-16)14(17-16)15(18)19-2/h3-7,11,13-14,17H,8-10H2,1-2H3/t11-,13?,14?,16?/m1/s1. The van der Waals surface area contributed by atoms with E-state index in [9.17, 15) is 4.79 Å². The minimum Gasteiger partial charge on any atom is -0.468 e. The summed E-state index contributed by atoms with van der Waals surface area (Å²) in [4.78, 5) is 11.8. The monoisotopic (exact) mass is 259 g/mol. The lowest BCUT2D eigenvalue weighted by molar-refractivity contribution is -0.144. The fraction of sp³-hybridized carbons (Fsp3) is 0.562. The van der Waals surface area contributed by atoms with E-state index in [4.69, 9.17) is 4.74 Å². The number of esters is 1. The second-order valence-corrected chi connectivity index (χ2v) is 5.94. The van der Waals surface area contributed by atoms with Crippen LogP contribution in [0.2, 0.25) is 0 Å². The first kappa shape index (κ1) is 12.7. The number of benzene rings is 1. The molecule has 102 valence electrons. The van der Waals surface area contributed by atoms with Gasteiger partial charge in [0.1, 0.15) is 6.04 Å². The number of hydrogen-bond acceptors (Lipinski definition) is 3. The second kappa shape index (κ2) is 4.64. The summed E-state index contributed by atoms with van der Waals surface area (Å²) in [5, 5.41) is 3.58. The summed E-state index contributed by atoms with van der Waals surface area (Å²) in [5.41, 5.74) is 1.42. The molecule has 2 fully saturated rings. The van der Waals surface area contributed by atoms with Crippen molar-refractivity contribution in [2.75, 3.05) is 7.11 Å². The number of rotatable bonds is 3. The van der Waals surface area contributed by atoms with E-state index in [-0.39, 0.29) is 17.6 Å². The molecule has 1 N–H and O–H groups in total. The molecule has 0 amide bonds. The first-order chi connectivity index (χ1) is 9.16. The van der Waals surface area contributed by atoms with Gasteiger partial charge in [0.15, 0.2) is 0 Å². The van der Waals surface area contributed by atoms with Crippen LogP contribution >= 0.6 is 0 Å². The molecule has 1 aliphatic carbocycles. The molecule has 1 aromatic rings.